The number of fused-ring (bicyclic) bond motifs is 1. The Kier molecular flexibility index (Phi) is 2.94. The predicted octanol–water partition coefficient (Wildman–Crippen LogP) is 0.885. The maximum atomic E-state index is 11.4. The Balaban J connectivity index is 2.47. The zero-order chi connectivity index (χ0) is 11.7. The van der Waals surface area contributed by atoms with E-state index < -0.39 is 0 Å². The molecule has 0 spiro atoms. The van der Waals surface area contributed by atoms with Gasteiger partial charge in [0.1, 0.15) is 6.61 Å². The van der Waals surface area contributed by atoms with Gasteiger partial charge in [0.05, 0.1) is 5.56 Å². The minimum atomic E-state index is -0.224. The Morgan fingerprint density at radius 2 is 2.31 bits per heavy atom. The van der Waals surface area contributed by atoms with Crippen LogP contribution in [-0.2, 0) is 11.3 Å². The molecule has 16 heavy (non-hydrogen) atoms. The fourth-order valence-corrected chi connectivity index (χ4v) is 2.15. The molecule has 0 fully saturated rings. The number of ether oxygens (including phenoxy) is 1. The lowest BCUT2D eigenvalue weighted by Crippen LogP contribution is -2.25. The third kappa shape index (κ3) is 1.60. The van der Waals surface area contributed by atoms with E-state index in [0.717, 1.165) is 16.7 Å². The Morgan fingerprint density at radius 1 is 1.56 bits per heavy atom. The second kappa shape index (κ2) is 4.23. The molecule has 2 rings (SSSR count). The first-order valence-corrected chi connectivity index (χ1v) is 5.36. The molecule has 0 radical (unpaired) electrons. The van der Waals surface area contributed by atoms with Gasteiger partial charge in [-0.25, -0.2) is 4.79 Å². The van der Waals surface area contributed by atoms with Gasteiger partial charge >= 0.3 is 5.97 Å². The van der Waals surface area contributed by atoms with Crippen LogP contribution < -0.4 is 11.1 Å². The summed E-state index contributed by atoms with van der Waals surface area (Å²) in [5, 5.41) is 3.16. The van der Waals surface area contributed by atoms with Gasteiger partial charge < -0.3 is 15.8 Å². The van der Waals surface area contributed by atoms with Gasteiger partial charge in [0.25, 0.3) is 0 Å². The molecular formula is C12H16N2O2. The molecule has 4 nitrogen and oxygen atoms in total. The average Bonchev–Trinajstić information content (AvgIpc) is 2.66. The van der Waals surface area contributed by atoms with E-state index in [1.54, 1.807) is 0 Å². The van der Waals surface area contributed by atoms with Gasteiger partial charge in [-0.1, -0.05) is 6.07 Å². The van der Waals surface area contributed by atoms with Crippen LogP contribution in [0.15, 0.2) is 12.1 Å². The summed E-state index contributed by atoms with van der Waals surface area (Å²) in [7, 11) is 1.88. The predicted molar refractivity (Wildman–Crippen MR) is 61.2 cm³/mol. The zero-order valence-electron chi connectivity index (χ0n) is 9.54. The van der Waals surface area contributed by atoms with Crippen molar-refractivity contribution >= 4 is 5.97 Å². The quantitative estimate of drug-likeness (QED) is 0.742. The number of nitrogens with one attached hydrogen (secondary N) is 1. The number of esters is 1. The van der Waals surface area contributed by atoms with Gasteiger partial charge in [-0.15, -0.1) is 0 Å². The molecule has 1 aliphatic heterocycles. The molecule has 3 N–H and O–H groups in total. The van der Waals surface area contributed by atoms with Crippen LogP contribution in [0.2, 0.25) is 0 Å². The Morgan fingerprint density at radius 3 is 2.94 bits per heavy atom. The molecule has 0 saturated carbocycles. The number of cyclic esters (lactones) is 1. The maximum Gasteiger partial charge on any atom is 0.338 e. The number of carbonyl (C=O) groups excluding carboxylic acids is 1. The molecule has 0 saturated heterocycles. The summed E-state index contributed by atoms with van der Waals surface area (Å²) >= 11 is 0. The Hall–Kier alpha value is -1.39. The van der Waals surface area contributed by atoms with Gasteiger partial charge in [0.15, 0.2) is 0 Å². The third-order valence-electron chi connectivity index (χ3n) is 3.17. The summed E-state index contributed by atoms with van der Waals surface area (Å²) in [5.41, 5.74) is 9.63. The molecule has 0 bridgehead atoms. The normalized spacial score (nSPS) is 15.8. The lowest BCUT2D eigenvalue weighted by molar-refractivity contribution is 0.0535. The second-order valence-corrected chi connectivity index (χ2v) is 3.96. The minimum Gasteiger partial charge on any atom is -0.457 e. The van der Waals surface area contributed by atoms with Crippen molar-refractivity contribution in [2.24, 2.45) is 5.73 Å². The van der Waals surface area contributed by atoms with Gasteiger partial charge in [-0.2, -0.15) is 0 Å². The van der Waals surface area contributed by atoms with Crippen LogP contribution in [0.5, 0.6) is 0 Å². The highest BCUT2D eigenvalue weighted by Crippen LogP contribution is 2.28. The van der Waals surface area contributed by atoms with Crippen molar-refractivity contribution in [2.75, 3.05) is 13.6 Å². The zero-order valence-corrected chi connectivity index (χ0v) is 9.54. The van der Waals surface area contributed by atoms with E-state index in [4.69, 9.17) is 10.5 Å². The lowest BCUT2D eigenvalue weighted by Gasteiger charge is -2.18. The van der Waals surface area contributed by atoms with Gasteiger partial charge in [-0.3, -0.25) is 0 Å². The van der Waals surface area contributed by atoms with Crippen molar-refractivity contribution < 1.29 is 9.53 Å². The Bertz CT molecular complexity index is 425. The molecular weight excluding hydrogens is 204 g/mol. The number of hydrogen-bond donors (Lipinski definition) is 2. The smallest absolute Gasteiger partial charge is 0.338 e. The molecule has 1 aromatic rings. The van der Waals surface area contributed by atoms with Crippen molar-refractivity contribution in [3.05, 3.63) is 34.4 Å². The maximum absolute atomic E-state index is 11.4. The highest BCUT2D eigenvalue weighted by molar-refractivity contribution is 5.93. The summed E-state index contributed by atoms with van der Waals surface area (Å²) in [6.07, 6.45) is 0. The van der Waals surface area contributed by atoms with E-state index in [0.29, 0.717) is 18.7 Å². The molecule has 86 valence electrons. The Labute approximate surface area is 94.8 Å². The molecule has 1 heterocycles. The van der Waals surface area contributed by atoms with Crippen LogP contribution in [0, 0.1) is 6.92 Å². The van der Waals surface area contributed by atoms with E-state index in [1.165, 1.54) is 0 Å². The van der Waals surface area contributed by atoms with Gasteiger partial charge in [-0.05, 0) is 31.2 Å². The SMILES string of the molecule is CNC(CN)c1ccc2c(c1C)COC2=O. The molecule has 1 atom stereocenters. The highest BCUT2D eigenvalue weighted by atomic mass is 16.5. The number of carbonyl (C=O) groups is 1. The first kappa shape index (κ1) is 11.1. The van der Waals surface area contributed by atoms with Crippen molar-refractivity contribution in [3.63, 3.8) is 0 Å². The summed E-state index contributed by atoms with van der Waals surface area (Å²) < 4.78 is 5.02. The number of likely N-dealkylation sites (N-methyl/N-ethyl adjacent to an activating group) is 1. The molecule has 0 aliphatic carbocycles. The van der Waals surface area contributed by atoms with Crippen molar-refractivity contribution in [2.45, 2.75) is 19.6 Å². The van der Waals surface area contributed by atoms with Gasteiger partial charge in [0.2, 0.25) is 0 Å². The lowest BCUT2D eigenvalue weighted by atomic mass is 9.94. The first-order valence-electron chi connectivity index (χ1n) is 5.36. The summed E-state index contributed by atoms with van der Waals surface area (Å²) in [5.74, 6) is -0.224. The standard InChI is InChI=1S/C12H16N2O2/c1-7-8(11(5-13)14-2)3-4-9-10(7)6-16-12(9)15/h3-4,11,14H,5-6,13H2,1-2H3. The fraction of sp³-hybridized carbons (Fsp3) is 0.417. The van der Waals surface area contributed by atoms with E-state index >= 15 is 0 Å². The minimum absolute atomic E-state index is 0.126. The van der Waals surface area contributed by atoms with Crippen molar-refractivity contribution in [1.29, 1.82) is 0 Å². The largest absolute Gasteiger partial charge is 0.457 e. The molecule has 1 aliphatic rings. The number of hydrogen-bond acceptors (Lipinski definition) is 4. The molecule has 4 heteroatoms. The van der Waals surface area contributed by atoms with E-state index in [1.807, 2.05) is 26.1 Å². The van der Waals surface area contributed by atoms with Crippen molar-refractivity contribution in [1.82, 2.24) is 5.32 Å². The summed E-state index contributed by atoms with van der Waals surface area (Å²) in [4.78, 5) is 11.4. The van der Waals surface area contributed by atoms with Crippen LogP contribution in [0.25, 0.3) is 0 Å². The van der Waals surface area contributed by atoms with Crippen LogP contribution in [0.3, 0.4) is 0 Å². The second-order valence-electron chi connectivity index (χ2n) is 3.96. The highest BCUT2D eigenvalue weighted by Gasteiger charge is 2.25. The summed E-state index contributed by atoms with van der Waals surface area (Å²) in [6.45, 7) is 2.93. The average molecular weight is 220 g/mol. The summed E-state index contributed by atoms with van der Waals surface area (Å²) in [6, 6.07) is 3.91. The molecule has 0 aromatic heterocycles. The van der Waals surface area contributed by atoms with Crippen LogP contribution in [-0.4, -0.2) is 19.6 Å². The van der Waals surface area contributed by atoms with Crippen molar-refractivity contribution in [3.8, 4) is 0 Å². The van der Waals surface area contributed by atoms with Crippen LogP contribution >= 0.6 is 0 Å². The van der Waals surface area contributed by atoms with Crippen LogP contribution in [0.1, 0.15) is 33.1 Å². The van der Waals surface area contributed by atoms with Crippen LogP contribution in [0.4, 0.5) is 0 Å². The fourth-order valence-electron chi connectivity index (χ4n) is 2.15. The van der Waals surface area contributed by atoms with Gasteiger partial charge in [0, 0.05) is 18.2 Å². The molecule has 0 amide bonds. The molecule has 1 unspecified atom stereocenters. The number of rotatable bonds is 3. The third-order valence-corrected chi connectivity index (χ3v) is 3.17. The van der Waals surface area contributed by atoms with E-state index in [-0.39, 0.29) is 12.0 Å². The number of benzene rings is 1. The van der Waals surface area contributed by atoms with E-state index in [2.05, 4.69) is 5.32 Å². The monoisotopic (exact) mass is 220 g/mol. The molecule has 1 aromatic carbocycles. The first-order chi connectivity index (χ1) is 7.69. The van der Waals surface area contributed by atoms with E-state index in [9.17, 15) is 4.79 Å². The number of nitrogens with two attached hydrogens (primary N) is 1. The topological polar surface area (TPSA) is 64.3 Å².